The summed E-state index contributed by atoms with van der Waals surface area (Å²) in [7, 11) is 0.611. The van der Waals surface area contributed by atoms with E-state index in [1.54, 1.807) is 0 Å². The monoisotopic (exact) mass is 299 g/mol. The van der Waals surface area contributed by atoms with E-state index in [0.29, 0.717) is 12.2 Å². The van der Waals surface area contributed by atoms with Crippen molar-refractivity contribution >= 4 is 21.4 Å². The van der Waals surface area contributed by atoms with Crippen LogP contribution in [0.1, 0.15) is 25.8 Å². The Morgan fingerprint density at radius 3 is 2.35 bits per heavy atom. The molecule has 0 aromatic heterocycles. The van der Waals surface area contributed by atoms with Gasteiger partial charge in [0.05, 0.1) is 6.26 Å². The molecule has 0 spiro atoms. The van der Waals surface area contributed by atoms with E-state index in [1.165, 1.54) is 10.6 Å². The smallest absolute Gasteiger partial charge is 0.211 e. The Kier molecular flexibility index (Phi) is 5.42. The summed E-state index contributed by atoms with van der Waals surface area (Å²) in [6, 6.07) is 5.55. The molecule has 0 amide bonds. The van der Waals surface area contributed by atoms with Crippen molar-refractivity contribution in [2.24, 2.45) is 0 Å². The average Bonchev–Trinajstić information content (AvgIpc) is 2.33. The molecule has 0 heterocycles. The predicted molar refractivity (Wildman–Crippen MR) is 85.3 cm³/mol. The fourth-order valence-electron chi connectivity index (χ4n) is 2.14. The van der Waals surface area contributed by atoms with Crippen LogP contribution in [-0.2, 0) is 16.6 Å². The van der Waals surface area contributed by atoms with Crippen molar-refractivity contribution in [3.63, 3.8) is 0 Å². The zero-order chi connectivity index (χ0) is 15.5. The third-order valence-corrected chi connectivity index (χ3v) is 4.76. The first-order chi connectivity index (χ1) is 9.16. The highest BCUT2D eigenvalue weighted by Gasteiger charge is 2.23. The first kappa shape index (κ1) is 16.8. The van der Waals surface area contributed by atoms with E-state index in [-0.39, 0.29) is 6.04 Å². The number of hydrogen-bond donors (Lipinski definition) is 1. The second-order valence-electron chi connectivity index (χ2n) is 5.35. The lowest BCUT2D eigenvalue weighted by Crippen LogP contribution is -2.37. The van der Waals surface area contributed by atoms with Crippen molar-refractivity contribution in [2.45, 2.75) is 32.9 Å². The van der Waals surface area contributed by atoms with E-state index >= 15 is 0 Å². The van der Waals surface area contributed by atoms with Gasteiger partial charge in [0.15, 0.2) is 0 Å². The number of sulfonamides is 1. The largest absolute Gasteiger partial charge is 0.399 e. The van der Waals surface area contributed by atoms with Crippen LogP contribution in [0, 0.1) is 0 Å². The Hall–Kier alpha value is -1.27. The number of nitrogen functional groups attached to an aromatic ring is 1. The average molecular weight is 299 g/mol. The second kappa shape index (κ2) is 6.45. The topological polar surface area (TPSA) is 66.6 Å². The van der Waals surface area contributed by atoms with Crippen LogP contribution in [-0.4, -0.2) is 39.1 Å². The van der Waals surface area contributed by atoms with Crippen LogP contribution in [0.5, 0.6) is 0 Å². The summed E-state index contributed by atoms with van der Waals surface area (Å²) in [6.07, 6.45) is 2.02. The van der Waals surface area contributed by atoms with E-state index in [0.717, 1.165) is 17.7 Å². The number of hydrogen-bond acceptors (Lipinski definition) is 4. The van der Waals surface area contributed by atoms with E-state index < -0.39 is 10.0 Å². The third-order valence-electron chi connectivity index (χ3n) is 3.42. The summed E-state index contributed by atoms with van der Waals surface area (Å²) in [4.78, 5) is 1.96. The summed E-state index contributed by atoms with van der Waals surface area (Å²) in [6.45, 7) is 4.24. The molecule has 1 rings (SSSR count). The van der Waals surface area contributed by atoms with Crippen molar-refractivity contribution in [1.82, 2.24) is 4.31 Å². The molecule has 6 heteroatoms. The standard InChI is InChI=1S/C14H25N3O2S/c1-6-11(2)17(20(5,18)19)10-12-9-13(15)7-8-14(12)16(3)4/h7-9,11H,6,10,15H2,1-5H3. The minimum absolute atomic E-state index is 0.0403. The van der Waals surface area contributed by atoms with Gasteiger partial charge in [-0.2, -0.15) is 4.31 Å². The lowest BCUT2D eigenvalue weighted by atomic mass is 10.1. The van der Waals surface area contributed by atoms with Gasteiger partial charge in [-0.15, -0.1) is 0 Å². The van der Waals surface area contributed by atoms with Crippen LogP contribution >= 0.6 is 0 Å². The van der Waals surface area contributed by atoms with Crippen LogP contribution in [0.3, 0.4) is 0 Å². The van der Waals surface area contributed by atoms with Gasteiger partial charge in [-0.25, -0.2) is 8.42 Å². The van der Waals surface area contributed by atoms with Gasteiger partial charge in [0, 0.05) is 38.1 Å². The summed E-state index contributed by atoms with van der Waals surface area (Å²) >= 11 is 0. The molecule has 1 unspecified atom stereocenters. The van der Waals surface area contributed by atoms with Gasteiger partial charge < -0.3 is 10.6 Å². The molecule has 1 aromatic carbocycles. The number of rotatable bonds is 6. The molecule has 5 nitrogen and oxygen atoms in total. The number of nitrogens with zero attached hydrogens (tertiary/aromatic N) is 2. The summed E-state index contributed by atoms with van der Waals surface area (Å²) in [5.41, 5.74) is 8.38. The second-order valence-corrected chi connectivity index (χ2v) is 7.28. The highest BCUT2D eigenvalue weighted by Crippen LogP contribution is 2.25. The van der Waals surface area contributed by atoms with Gasteiger partial charge in [-0.3, -0.25) is 0 Å². The minimum Gasteiger partial charge on any atom is -0.399 e. The van der Waals surface area contributed by atoms with Crippen molar-refractivity contribution in [2.75, 3.05) is 31.0 Å². The van der Waals surface area contributed by atoms with E-state index in [4.69, 9.17) is 5.73 Å². The van der Waals surface area contributed by atoms with E-state index in [1.807, 2.05) is 51.0 Å². The van der Waals surface area contributed by atoms with Crippen LogP contribution < -0.4 is 10.6 Å². The van der Waals surface area contributed by atoms with Gasteiger partial charge in [-0.05, 0) is 37.1 Å². The molecule has 0 aliphatic carbocycles. The molecule has 1 atom stereocenters. The highest BCUT2D eigenvalue weighted by molar-refractivity contribution is 7.88. The van der Waals surface area contributed by atoms with E-state index in [2.05, 4.69) is 0 Å². The van der Waals surface area contributed by atoms with Crippen molar-refractivity contribution in [3.05, 3.63) is 23.8 Å². The van der Waals surface area contributed by atoms with Crippen molar-refractivity contribution < 1.29 is 8.42 Å². The number of anilines is 2. The normalized spacial score (nSPS) is 13.5. The van der Waals surface area contributed by atoms with Gasteiger partial charge in [0.1, 0.15) is 0 Å². The lowest BCUT2D eigenvalue weighted by molar-refractivity contribution is 0.325. The number of nitrogens with two attached hydrogens (primary N) is 1. The van der Waals surface area contributed by atoms with Crippen LogP contribution in [0.2, 0.25) is 0 Å². The molecule has 114 valence electrons. The summed E-state index contributed by atoms with van der Waals surface area (Å²) in [5, 5.41) is 0. The van der Waals surface area contributed by atoms with Gasteiger partial charge in [0.25, 0.3) is 0 Å². The van der Waals surface area contributed by atoms with Crippen LogP contribution in [0.4, 0.5) is 11.4 Å². The molecule has 0 bridgehead atoms. The summed E-state index contributed by atoms with van der Waals surface area (Å²) in [5.74, 6) is 0. The quantitative estimate of drug-likeness (QED) is 0.815. The fraction of sp³-hybridized carbons (Fsp3) is 0.571. The van der Waals surface area contributed by atoms with Crippen molar-refractivity contribution in [1.29, 1.82) is 0 Å². The molecule has 0 saturated heterocycles. The Bertz CT molecular complexity index is 556. The molecule has 0 aliphatic heterocycles. The van der Waals surface area contributed by atoms with Gasteiger partial charge in [-0.1, -0.05) is 6.92 Å². The molecule has 0 fully saturated rings. The lowest BCUT2D eigenvalue weighted by Gasteiger charge is -2.28. The first-order valence-electron chi connectivity index (χ1n) is 6.69. The minimum atomic E-state index is -3.26. The molecular weight excluding hydrogens is 274 g/mol. The molecular formula is C14H25N3O2S. The Morgan fingerprint density at radius 1 is 1.30 bits per heavy atom. The van der Waals surface area contributed by atoms with Crippen LogP contribution in [0.25, 0.3) is 0 Å². The van der Waals surface area contributed by atoms with Gasteiger partial charge in [0.2, 0.25) is 10.0 Å². The maximum atomic E-state index is 12.0. The third kappa shape index (κ3) is 4.11. The molecule has 0 radical (unpaired) electrons. The highest BCUT2D eigenvalue weighted by atomic mass is 32.2. The maximum Gasteiger partial charge on any atom is 0.211 e. The zero-order valence-corrected chi connectivity index (χ0v) is 13.7. The van der Waals surface area contributed by atoms with E-state index in [9.17, 15) is 8.42 Å². The Labute approximate surface area is 122 Å². The van der Waals surface area contributed by atoms with Crippen molar-refractivity contribution in [3.8, 4) is 0 Å². The fourth-order valence-corrected chi connectivity index (χ4v) is 3.32. The van der Waals surface area contributed by atoms with Gasteiger partial charge >= 0.3 is 0 Å². The number of benzene rings is 1. The molecule has 0 aliphatic rings. The first-order valence-corrected chi connectivity index (χ1v) is 8.54. The molecule has 1 aromatic rings. The van der Waals surface area contributed by atoms with Crippen LogP contribution in [0.15, 0.2) is 18.2 Å². The zero-order valence-electron chi connectivity index (χ0n) is 12.9. The maximum absolute atomic E-state index is 12.0. The Balaban J connectivity index is 3.20. The summed E-state index contributed by atoms with van der Waals surface area (Å²) < 4.78 is 25.5. The predicted octanol–water partition coefficient (Wildman–Crippen LogP) is 1.89. The molecule has 20 heavy (non-hydrogen) atoms. The molecule has 0 saturated carbocycles. The molecule has 2 N–H and O–H groups in total. The Morgan fingerprint density at radius 2 is 1.90 bits per heavy atom. The SMILES string of the molecule is CCC(C)N(Cc1cc(N)ccc1N(C)C)S(C)(=O)=O.